The molecule has 0 aromatic heterocycles. The lowest BCUT2D eigenvalue weighted by molar-refractivity contribution is -0.141. The van der Waals surface area contributed by atoms with Crippen molar-refractivity contribution in [1.29, 1.82) is 0 Å². The van der Waals surface area contributed by atoms with Crippen LogP contribution in [-0.2, 0) is 9.59 Å². The number of benzene rings is 2. The third-order valence-corrected chi connectivity index (χ3v) is 7.44. The van der Waals surface area contributed by atoms with Crippen LogP contribution in [0.5, 0.6) is 0 Å². The summed E-state index contributed by atoms with van der Waals surface area (Å²) in [5.74, 6) is -0.809. The van der Waals surface area contributed by atoms with Crippen LogP contribution in [0.15, 0.2) is 52.5 Å². The Morgan fingerprint density at radius 1 is 1.06 bits per heavy atom. The molecule has 4 rings (SSSR count). The van der Waals surface area contributed by atoms with Crippen LogP contribution in [0.25, 0.3) is 5.76 Å². The van der Waals surface area contributed by atoms with E-state index in [1.807, 2.05) is 31.2 Å². The Hall–Kier alpha value is -2.40. The first-order valence-corrected chi connectivity index (χ1v) is 11.8. The minimum atomic E-state index is -0.595. The number of amides is 1. The van der Waals surface area contributed by atoms with E-state index < -0.39 is 17.7 Å². The van der Waals surface area contributed by atoms with Gasteiger partial charge in [0.25, 0.3) is 11.7 Å². The van der Waals surface area contributed by atoms with Gasteiger partial charge in [-0.15, -0.1) is 0 Å². The Labute approximate surface area is 192 Å². The van der Waals surface area contributed by atoms with Gasteiger partial charge in [-0.05, 0) is 54.5 Å². The van der Waals surface area contributed by atoms with Crippen LogP contribution in [0.2, 0.25) is 0 Å². The number of likely N-dealkylation sites (tertiary alicyclic amines) is 1. The van der Waals surface area contributed by atoms with E-state index in [9.17, 15) is 14.7 Å². The zero-order valence-electron chi connectivity index (χ0n) is 18.2. The van der Waals surface area contributed by atoms with Crippen molar-refractivity contribution in [2.45, 2.75) is 64.5 Å². The number of aliphatic hydroxyl groups is 1. The molecule has 1 atom stereocenters. The Bertz CT molecular complexity index is 1050. The molecule has 0 bridgehead atoms. The number of hydrogen-bond donors (Lipinski definition) is 1. The quantitative estimate of drug-likeness (QED) is 0.319. The van der Waals surface area contributed by atoms with Gasteiger partial charge in [-0.25, -0.2) is 0 Å². The van der Waals surface area contributed by atoms with E-state index in [-0.39, 0.29) is 17.4 Å². The summed E-state index contributed by atoms with van der Waals surface area (Å²) in [6.45, 7) is 6.20. The molecule has 1 aliphatic carbocycles. The molecule has 31 heavy (non-hydrogen) atoms. The van der Waals surface area contributed by atoms with E-state index in [4.69, 9.17) is 0 Å². The lowest BCUT2D eigenvalue weighted by Gasteiger charge is -2.31. The second-order valence-electron chi connectivity index (χ2n) is 8.93. The molecule has 2 aromatic carbocycles. The number of nitrogens with zero attached hydrogens (tertiary/aromatic N) is 1. The zero-order chi connectivity index (χ0) is 22.3. The summed E-state index contributed by atoms with van der Waals surface area (Å²) < 4.78 is 0.927. The van der Waals surface area contributed by atoms with Gasteiger partial charge in [-0.3, -0.25) is 9.59 Å². The molecular formula is C26H28BrNO3. The van der Waals surface area contributed by atoms with Crippen LogP contribution < -0.4 is 0 Å². The molecule has 1 aliphatic heterocycles. The number of rotatable bonds is 4. The molecule has 162 valence electrons. The summed E-state index contributed by atoms with van der Waals surface area (Å²) in [7, 11) is 0. The maximum atomic E-state index is 13.2. The van der Waals surface area contributed by atoms with Crippen molar-refractivity contribution < 1.29 is 14.7 Å². The summed E-state index contributed by atoms with van der Waals surface area (Å²) in [6, 6.07) is 13.0. The fourth-order valence-corrected chi connectivity index (χ4v) is 4.99. The smallest absolute Gasteiger partial charge is 0.295 e. The average molecular weight is 482 g/mol. The molecule has 1 unspecified atom stereocenters. The third-order valence-electron chi connectivity index (χ3n) is 6.55. The minimum Gasteiger partial charge on any atom is -0.507 e. The Morgan fingerprint density at radius 3 is 2.29 bits per heavy atom. The van der Waals surface area contributed by atoms with E-state index in [1.165, 1.54) is 5.56 Å². The summed E-state index contributed by atoms with van der Waals surface area (Å²) in [5, 5.41) is 11.2. The molecule has 2 aromatic rings. The normalized spacial score (nSPS) is 21.5. The topological polar surface area (TPSA) is 57.6 Å². The van der Waals surface area contributed by atoms with Crippen LogP contribution in [-0.4, -0.2) is 27.7 Å². The number of carbonyl (C=O) groups is 2. The van der Waals surface area contributed by atoms with Crippen LogP contribution in [0.3, 0.4) is 0 Å². The van der Waals surface area contributed by atoms with Crippen LogP contribution in [0, 0.1) is 6.92 Å². The first kappa shape index (κ1) is 21.8. The van der Waals surface area contributed by atoms with Crippen LogP contribution >= 0.6 is 15.9 Å². The number of ketones is 1. The standard InChI is InChI=1S/C26H28BrNO3/c1-15(2)17-8-10-18(11-9-17)23-22(24(29)19-12-13-21(27)16(3)14-19)25(30)26(31)28(23)20-6-4-5-7-20/h8-15,20,23,29H,4-7H2,1-3H3/b24-22-. The number of Topliss-reactive ketones (excluding diaryl/α,β-unsaturated/α-hetero) is 1. The molecule has 0 spiro atoms. The van der Waals surface area contributed by atoms with Crippen molar-refractivity contribution in [3.05, 3.63) is 74.8 Å². The summed E-state index contributed by atoms with van der Waals surface area (Å²) in [6.07, 6.45) is 3.90. The van der Waals surface area contributed by atoms with Crippen molar-refractivity contribution in [1.82, 2.24) is 4.90 Å². The third kappa shape index (κ3) is 3.96. The predicted octanol–water partition coefficient (Wildman–Crippen LogP) is 6.25. The summed E-state index contributed by atoms with van der Waals surface area (Å²) in [4.78, 5) is 28.1. The molecule has 1 amide bonds. The van der Waals surface area contributed by atoms with Crippen molar-refractivity contribution in [3.63, 3.8) is 0 Å². The lowest BCUT2D eigenvalue weighted by atomic mass is 9.92. The van der Waals surface area contributed by atoms with Crippen molar-refractivity contribution in [3.8, 4) is 0 Å². The Balaban J connectivity index is 1.87. The van der Waals surface area contributed by atoms with Gasteiger partial charge in [0.1, 0.15) is 5.76 Å². The highest BCUT2D eigenvalue weighted by Gasteiger charge is 2.49. The fourth-order valence-electron chi connectivity index (χ4n) is 4.75. The van der Waals surface area contributed by atoms with Gasteiger partial charge in [0.2, 0.25) is 0 Å². The number of carbonyl (C=O) groups excluding carboxylic acids is 2. The molecule has 1 saturated heterocycles. The average Bonchev–Trinajstić information content (AvgIpc) is 3.36. The van der Waals surface area contributed by atoms with Gasteiger partial charge in [-0.1, -0.05) is 73.0 Å². The van der Waals surface area contributed by atoms with E-state index in [2.05, 4.69) is 41.9 Å². The molecule has 2 fully saturated rings. The molecule has 5 heteroatoms. The van der Waals surface area contributed by atoms with Gasteiger partial charge >= 0.3 is 0 Å². The second kappa shape index (κ2) is 8.62. The van der Waals surface area contributed by atoms with E-state index in [1.54, 1.807) is 11.0 Å². The van der Waals surface area contributed by atoms with E-state index in [0.29, 0.717) is 11.5 Å². The maximum Gasteiger partial charge on any atom is 0.295 e. The van der Waals surface area contributed by atoms with Crippen LogP contribution in [0.4, 0.5) is 0 Å². The Kier molecular flexibility index (Phi) is 6.07. The molecule has 1 heterocycles. The molecule has 4 nitrogen and oxygen atoms in total. The zero-order valence-corrected chi connectivity index (χ0v) is 19.8. The monoisotopic (exact) mass is 481 g/mol. The highest BCUT2D eigenvalue weighted by molar-refractivity contribution is 9.10. The van der Waals surface area contributed by atoms with Gasteiger partial charge < -0.3 is 10.0 Å². The van der Waals surface area contributed by atoms with Crippen LogP contribution in [0.1, 0.15) is 73.7 Å². The SMILES string of the molecule is Cc1cc(/C(O)=C2/C(=O)C(=O)N(C3CCCC3)C2c2ccc(C(C)C)cc2)ccc1Br. The maximum absolute atomic E-state index is 13.2. The fraction of sp³-hybridized carbons (Fsp3) is 0.385. The largest absolute Gasteiger partial charge is 0.507 e. The van der Waals surface area contributed by atoms with Gasteiger partial charge in [-0.2, -0.15) is 0 Å². The lowest BCUT2D eigenvalue weighted by Crippen LogP contribution is -2.37. The molecule has 1 N–H and O–H groups in total. The number of hydrogen-bond acceptors (Lipinski definition) is 3. The first-order chi connectivity index (χ1) is 14.8. The second-order valence-corrected chi connectivity index (χ2v) is 9.78. The number of aryl methyl sites for hydroxylation is 1. The molecule has 2 aliphatic rings. The number of aliphatic hydroxyl groups excluding tert-OH is 1. The molecular weight excluding hydrogens is 454 g/mol. The van der Waals surface area contributed by atoms with Gasteiger partial charge in [0.05, 0.1) is 11.6 Å². The highest BCUT2D eigenvalue weighted by atomic mass is 79.9. The van der Waals surface area contributed by atoms with Crippen molar-refractivity contribution in [2.24, 2.45) is 0 Å². The summed E-state index contributed by atoms with van der Waals surface area (Å²) in [5.41, 5.74) is 3.76. The van der Waals surface area contributed by atoms with E-state index >= 15 is 0 Å². The van der Waals surface area contributed by atoms with E-state index in [0.717, 1.165) is 41.3 Å². The number of halogens is 1. The highest BCUT2D eigenvalue weighted by Crippen LogP contribution is 2.43. The summed E-state index contributed by atoms with van der Waals surface area (Å²) >= 11 is 3.48. The molecule has 1 saturated carbocycles. The van der Waals surface area contributed by atoms with Gasteiger partial charge in [0.15, 0.2) is 0 Å². The first-order valence-electron chi connectivity index (χ1n) is 11.0. The molecule has 0 radical (unpaired) electrons. The van der Waals surface area contributed by atoms with Crippen molar-refractivity contribution >= 4 is 33.4 Å². The van der Waals surface area contributed by atoms with Crippen molar-refractivity contribution in [2.75, 3.05) is 0 Å². The Morgan fingerprint density at radius 2 is 1.71 bits per heavy atom. The van der Waals surface area contributed by atoms with Gasteiger partial charge in [0, 0.05) is 16.1 Å². The minimum absolute atomic E-state index is 0.0307. The predicted molar refractivity (Wildman–Crippen MR) is 126 cm³/mol.